The molecule has 176 valence electrons. The normalized spacial score (nSPS) is 12.5. The Bertz CT molecular complexity index is 1320. The van der Waals surface area contributed by atoms with Crippen LogP contribution in [0.25, 0.3) is 6.08 Å². The molecule has 0 fully saturated rings. The third-order valence-electron chi connectivity index (χ3n) is 5.59. The van der Waals surface area contributed by atoms with E-state index in [1.54, 1.807) is 54.5 Å². The molecular weight excluding hydrogens is 444 g/mol. The number of anilines is 1. The number of ether oxygens (including phenoxy) is 3. The van der Waals surface area contributed by atoms with E-state index in [2.05, 4.69) is 0 Å². The van der Waals surface area contributed by atoms with Gasteiger partial charge in [-0.15, -0.1) is 0 Å². The first-order valence-electron chi connectivity index (χ1n) is 11.2. The molecule has 1 heterocycles. The number of nitriles is 1. The van der Waals surface area contributed by atoms with Gasteiger partial charge in [-0.25, -0.2) is 4.79 Å². The molecule has 0 unspecified atom stereocenters. The van der Waals surface area contributed by atoms with Gasteiger partial charge in [0.05, 0.1) is 19.3 Å². The fraction of sp³-hybridized carbons (Fsp3) is 0.179. The second kappa shape index (κ2) is 10.6. The van der Waals surface area contributed by atoms with Crippen LogP contribution < -0.4 is 19.1 Å². The maximum absolute atomic E-state index is 13.1. The van der Waals surface area contributed by atoms with Crippen molar-refractivity contribution in [3.05, 3.63) is 89.0 Å². The van der Waals surface area contributed by atoms with Gasteiger partial charge < -0.3 is 19.1 Å². The minimum absolute atomic E-state index is 0.00660. The van der Waals surface area contributed by atoms with Crippen LogP contribution in [-0.4, -0.2) is 32.1 Å². The highest BCUT2D eigenvalue weighted by molar-refractivity contribution is 6.12. The number of benzene rings is 3. The van der Waals surface area contributed by atoms with Gasteiger partial charge in [-0.1, -0.05) is 24.3 Å². The van der Waals surface area contributed by atoms with Gasteiger partial charge in [-0.05, 0) is 73.0 Å². The quantitative estimate of drug-likeness (QED) is 0.214. The van der Waals surface area contributed by atoms with Crippen LogP contribution in [0.5, 0.6) is 17.2 Å². The molecule has 7 heteroatoms. The first kappa shape index (κ1) is 23.6. The topological polar surface area (TPSA) is 88.9 Å². The summed E-state index contributed by atoms with van der Waals surface area (Å²) in [7, 11) is 1.55. The van der Waals surface area contributed by atoms with Gasteiger partial charge in [0.1, 0.15) is 17.4 Å². The lowest BCUT2D eigenvalue weighted by Gasteiger charge is -2.16. The summed E-state index contributed by atoms with van der Waals surface area (Å²) in [6.45, 7) is 2.68. The Morgan fingerprint density at radius 2 is 1.83 bits per heavy atom. The van der Waals surface area contributed by atoms with Crippen LogP contribution in [-0.2, 0) is 11.2 Å². The van der Waals surface area contributed by atoms with E-state index >= 15 is 0 Å². The summed E-state index contributed by atoms with van der Waals surface area (Å²) in [5.74, 6) is 0.304. The summed E-state index contributed by atoms with van der Waals surface area (Å²) in [5, 5.41) is 9.70. The van der Waals surface area contributed by atoms with Gasteiger partial charge in [0.15, 0.2) is 11.5 Å². The fourth-order valence-corrected chi connectivity index (χ4v) is 3.86. The molecule has 0 N–H and O–H groups in total. The number of carbonyl (C=O) groups is 2. The summed E-state index contributed by atoms with van der Waals surface area (Å²) in [6, 6.07) is 21.2. The summed E-state index contributed by atoms with van der Waals surface area (Å²) in [6.07, 6.45) is 2.27. The molecule has 0 saturated heterocycles. The van der Waals surface area contributed by atoms with Crippen LogP contribution in [0.4, 0.5) is 5.69 Å². The molecule has 35 heavy (non-hydrogen) atoms. The van der Waals surface area contributed by atoms with Crippen molar-refractivity contribution in [3.8, 4) is 23.3 Å². The molecule has 0 aliphatic carbocycles. The molecule has 1 amide bonds. The van der Waals surface area contributed by atoms with Crippen molar-refractivity contribution in [2.75, 3.05) is 25.2 Å². The minimum Gasteiger partial charge on any atom is -0.497 e. The van der Waals surface area contributed by atoms with E-state index in [0.717, 1.165) is 17.7 Å². The second-order valence-electron chi connectivity index (χ2n) is 7.76. The summed E-state index contributed by atoms with van der Waals surface area (Å²) < 4.78 is 16.3. The highest BCUT2D eigenvalue weighted by Crippen LogP contribution is 2.32. The van der Waals surface area contributed by atoms with Gasteiger partial charge in [0.2, 0.25) is 0 Å². The second-order valence-corrected chi connectivity index (χ2v) is 7.76. The largest absolute Gasteiger partial charge is 0.497 e. The summed E-state index contributed by atoms with van der Waals surface area (Å²) in [4.78, 5) is 27.3. The van der Waals surface area contributed by atoms with Gasteiger partial charge in [-0.3, -0.25) is 4.79 Å². The van der Waals surface area contributed by atoms with E-state index in [-0.39, 0.29) is 17.2 Å². The Labute approximate surface area is 203 Å². The van der Waals surface area contributed by atoms with Crippen LogP contribution in [0, 0.1) is 11.3 Å². The molecule has 0 atom stereocenters. The van der Waals surface area contributed by atoms with Crippen molar-refractivity contribution in [3.63, 3.8) is 0 Å². The molecule has 0 radical (unpaired) electrons. The van der Waals surface area contributed by atoms with Crippen molar-refractivity contribution in [2.24, 2.45) is 0 Å². The fourth-order valence-electron chi connectivity index (χ4n) is 3.86. The number of hydrogen-bond donors (Lipinski definition) is 0. The van der Waals surface area contributed by atoms with E-state index < -0.39 is 5.97 Å². The molecule has 7 nitrogen and oxygen atoms in total. The van der Waals surface area contributed by atoms with E-state index in [0.29, 0.717) is 35.8 Å². The Hall–Kier alpha value is -4.57. The maximum atomic E-state index is 13.1. The highest BCUT2D eigenvalue weighted by Gasteiger charge is 2.26. The first-order valence-corrected chi connectivity index (χ1v) is 11.2. The molecule has 0 saturated carbocycles. The zero-order valence-corrected chi connectivity index (χ0v) is 19.5. The van der Waals surface area contributed by atoms with Crippen molar-refractivity contribution in [1.29, 1.82) is 5.26 Å². The van der Waals surface area contributed by atoms with E-state index in [9.17, 15) is 14.9 Å². The summed E-state index contributed by atoms with van der Waals surface area (Å²) >= 11 is 0. The number of esters is 1. The third kappa shape index (κ3) is 5.17. The van der Waals surface area contributed by atoms with Crippen LogP contribution >= 0.6 is 0 Å². The van der Waals surface area contributed by atoms with E-state index in [1.807, 2.05) is 37.3 Å². The predicted octanol–water partition coefficient (Wildman–Crippen LogP) is 4.81. The van der Waals surface area contributed by atoms with Gasteiger partial charge in [0, 0.05) is 12.2 Å². The highest BCUT2D eigenvalue weighted by atomic mass is 16.6. The van der Waals surface area contributed by atoms with Crippen molar-refractivity contribution >= 4 is 23.6 Å². The van der Waals surface area contributed by atoms with Crippen LogP contribution in [0.2, 0.25) is 0 Å². The number of nitrogens with zero attached hydrogens (tertiary/aromatic N) is 2. The van der Waals surface area contributed by atoms with Crippen LogP contribution in [0.15, 0.2) is 72.3 Å². The minimum atomic E-state index is -0.544. The SMILES string of the molecule is CCOc1cc(/C=C(\C#N)C(=O)N2CCc3ccccc32)ccc1OC(=O)c1ccc(OC)cc1. The number of hydrogen-bond acceptors (Lipinski definition) is 6. The monoisotopic (exact) mass is 468 g/mol. The van der Waals surface area contributed by atoms with Gasteiger partial charge in [0.25, 0.3) is 5.91 Å². The molecule has 0 bridgehead atoms. The zero-order valence-electron chi connectivity index (χ0n) is 19.5. The number of carbonyl (C=O) groups excluding carboxylic acids is 2. The van der Waals surface area contributed by atoms with Crippen LogP contribution in [0.1, 0.15) is 28.4 Å². The molecule has 3 aromatic carbocycles. The Morgan fingerprint density at radius 1 is 1.06 bits per heavy atom. The van der Waals surface area contributed by atoms with E-state index in [4.69, 9.17) is 14.2 Å². The maximum Gasteiger partial charge on any atom is 0.343 e. The number of amides is 1. The average molecular weight is 469 g/mol. The molecule has 3 aromatic rings. The Balaban J connectivity index is 1.57. The van der Waals surface area contributed by atoms with Crippen molar-refractivity contribution in [2.45, 2.75) is 13.3 Å². The lowest BCUT2D eigenvalue weighted by Crippen LogP contribution is -2.29. The first-order chi connectivity index (χ1) is 17.0. The smallest absolute Gasteiger partial charge is 0.343 e. The van der Waals surface area contributed by atoms with Gasteiger partial charge in [-0.2, -0.15) is 5.26 Å². The summed E-state index contributed by atoms with van der Waals surface area (Å²) in [5.41, 5.74) is 2.86. The average Bonchev–Trinajstić information content (AvgIpc) is 3.32. The molecule has 1 aliphatic heterocycles. The van der Waals surface area contributed by atoms with Crippen molar-refractivity contribution in [1.82, 2.24) is 0 Å². The third-order valence-corrected chi connectivity index (χ3v) is 5.59. The Kier molecular flexibility index (Phi) is 7.12. The molecule has 0 spiro atoms. The molecule has 4 rings (SSSR count). The van der Waals surface area contributed by atoms with Crippen LogP contribution in [0.3, 0.4) is 0 Å². The van der Waals surface area contributed by atoms with E-state index in [1.165, 1.54) is 6.08 Å². The van der Waals surface area contributed by atoms with Gasteiger partial charge >= 0.3 is 5.97 Å². The molecule has 1 aliphatic rings. The number of methoxy groups -OCH3 is 1. The zero-order chi connectivity index (χ0) is 24.8. The lowest BCUT2D eigenvalue weighted by molar-refractivity contribution is -0.114. The Morgan fingerprint density at radius 3 is 2.54 bits per heavy atom. The predicted molar refractivity (Wildman–Crippen MR) is 132 cm³/mol. The number of rotatable bonds is 7. The van der Waals surface area contributed by atoms with Crippen molar-refractivity contribution < 1.29 is 23.8 Å². The lowest BCUT2D eigenvalue weighted by atomic mass is 10.1. The number of para-hydroxylation sites is 1. The number of fused-ring (bicyclic) bond motifs is 1. The molecule has 0 aromatic heterocycles. The molecular formula is C28H24N2O5. The standard InChI is InChI=1S/C28H24N2O5/c1-3-34-26-17-19(8-13-25(26)35-28(32)21-9-11-23(33-2)12-10-21)16-22(18-29)27(31)30-15-14-20-6-4-5-7-24(20)30/h4-13,16-17H,3,14-15H2,1-2H3/b22-16+.